The molecule has 0 radical (unpaired) electrons. The van der Waals surface area contributed by atoms with Crippen LogP contribution in [0.5, 0.6) is 0 Å². The summed E-state index contributed by atoms with van der Waals surface area (Å²) in [5.41, 5.74) is -0.763. The molecule has 25 heavy (non-hydrogen) atoms. The molecule has 0 aromatic carbocycles. The van der Waals surface area contributed by atoms with Crippen LogP contribution in [0.3, 0.4) is 0 Å². The van der Waals surface area contributed by atoms with E-state index in [4.69, 9.17) is 4.74 Å². The van der Waals surface area contributed by atoms with E-state index in [0.29, 0.717) is 4.68 Å². The van der Waals surface area contributed by atoms with Gasteiger partial charge in [-0.1, -0.05) is 0 Å². The largest absolute Gasteiger partial charge is 0.455 e. The quantitative estimate of drug-likeness (QED) is 0.835. The summed E-state index contributed by atoms with van der Waals surface area (Å²) in [6, 6.07) is 1.29. The number of aromatic nitrogens is 3. The third-order valence-corrected chi connectivity index (χ3v) is 2.92. The van der Waals surface area contributed by atoms with Gasteiger partial charge < -0.3 is 4.74 Å². The van der Waals surface area contributed by atoms with Gasteiger partial charge in [0.15, 0.2) is 0 Å². The van der Waals surface area contributed by atoms with Crippen molar-refractivity contribution in [3.8, 4) is 0 Å². The Morgan fingerprint density at radius 3 is 2.40 bits per heavy atom. The van der Waals surface area contributed by atoms with Crippen LogP contribution in [0, 0.1) is 0 Å². The van der Waals surface area contributed by atoms with Gasteiger partial charge in [-0.25, -0.2) is 9.78 Å². The van der Waals surface area contributed by atoms with Crippen molar-refractivity contribution < 1.29 is 31.5 Å². The van der Waals surface area contributed by atoms with E-state index < -0.39 is 30.3 Å². The average molecular weight is 366 g/mol. The number of anilines is 1. The molecule has 0 unspecified atom stereocenters. The van der Waals surface area contributed by atoms with E-state index in [9.17, 15) is 26.7 Å². The highest BCUT2D eigenvalue weighted by atomic mass is 19.4. The van der Waals surface area contributed by atoms with Crippen molar-refractivity contribution in [2.24, 2.45) is 0 Å². The van der Waals surface area contributed by atoms with Crippen LogP contribution < -0.4 is 5.32 Å². The molecule has 6 nitrogen and oxygen atoms in total. The molecule has 0 spiro atoms. The molecular formula is C14H15F5N4O2. The first kappa shape index (κ1) is 18.9. The Bertz CT molecular complexity index is 780. The summed E-state index contributed by atoms with van der Waals surface area (Å²) in [5.74, 6) is -4.89. The second-order valence-electron chi connectivity index (χ2n) is 6.26. The number of pyridine rings is 1. The van der Waals surface area contributed by atoms with Crippen molar-refractivity contribution in [2.75, 3.05) is 5.32 Å². The lowest BCUT2D eigenvalue weighted by molar-refractivity contribution is -0.287. The molecule has 0 atom stereocenters. The summed E-state index contributed by atoms with van der Waals surface area (Å²) in [7, 11) is 0. The van der Waals surface area contributed by atoms with E-state index in [1.807, 2.05) is 0 Å². The first-order valence-corrected chi connectivity index (χ1v) is 7.05. The number of hydrogen-bond donors (Lipinski definition) is 1. The minimum atomic E-state index is -5.68. The minimum Gasteiger partial charge on any atom is -0.444 e. The summed E-state index contributed by atoms with van der Waals surface area (Å²) in [5, 5.41) is 6.10. The Kier molecular flexibility index (Phi) is 4.62. The molecule has 0 bridgehead atoms. The summed E-state index contributed by atoms with van der Waals surface area (Å²) < 4.78 is 68.7. The normalized spacial score (nSPS) is 13.1. The van der Waals surface area contributed by atoms with Gasteiger partial charge in [-0.15, -0.1) is 0 Å². The number of amides is 1. The molecule has 0 aliphatic heterocycles. The number of nitrogens with zero attached hydrogens (tertiary/aromatic N) is 3. The lowest BCUT2D eigenvalue weighted by Crippen LogP contribution is -2.40. The molecule has 0 aliphatic carbocycles. The number of rotatable bonds is 3. The van der Waals surface area contributed by atoms with Crippen molar-refractivity contribution in [1.82, 2.24) is 14.8 Å². The Morgan fingerprint density at radius 1 is 1.20 bits per heavy atom. The fraction of sp³-hybridized carbons (Fsp3) is 0.500. The highest BCUT2D eigenvalue weighted by Crippen LogP contribution is 2.37. The van der Waals surface area contributed by atoms with Gasteiger partial charge in [-0.3, -0.25) is 10.00 Å². The Labute approximate surface area is 139 Å². The van der Waals surface area contributed by atoms with Crippen molar-refractivity contribution in [1.29, 1.82) is 0 Å². The van der Waals surface area contributed by atoms with Crippen LogP contribution >= 0.6 is 0 Å². The number of alkyl halides is 5. The molecule has 0 aliphatic rings. The predicted octanol–water partition coefficient (Wildman–Crippen LogP) is 3.98. The maximum absolute atomic E-state index is 13.2. The fourth-order valence-electron chi connectivity index (χ4n) is 1.86. The van der Waals surface area contributed by atoms with Crippen LogP contribution in [-0.4, -0.2) is 38.6 Å². The molecule has 0 saturated carbocycles. The van der Waals surface area contributed by atoms with E-state index in [0.717, 1.165) is 12.4 Å². The SMILES string of the molecule is CC(C)(C)OC(=O)Nc1cc2cnn(CC(F)(F)C(F)(F)F)c2cn1. The first-order valence-electron chi connectivity index (χ1n) is 7.05. The second kappa shape index (κ2) is 6.12. The molecule has 138 valence electrons. The van der Waals surface area contributed by atoms with Gasteiger partial charge in [0.25, 0.3) is 0 Å². The maximum Gasteiger partial charge on any atom is 0.455 e. The van der Waals surface area contributed by atoms with Gasteiger partial charge >= 0.3 is 18.2 Å². The zero-order chi connectivity index (χ0) is 19.0. The molecule has 0 saturated heterocycles. The van der Waals surface area contributed by atoms with Gasteiger partial charge in [0.05, 0.1) is 17.9 Å². The highest BCUT2D eigenvalue weighted by Gasteiger charge is 2.57. The third-order valence-electron chi connectivity index (χ3n) is 2.92. The number of halogens is 5. The zero-order valence-corrected chi connectivity index (χ0v) is 13.5. The van der Waals surface area contributed by atoms with Gasteiger partial charge in [-0.2, -0.15) is 27.1 Å². The summed E-state index contributed by atoms with van der Waals surface area (Å²) in [6.45, 7) is 3.32. The van der Waals surface area contributed by atoms with Crippen molar-refractivity contribution in [3.05, 3.63) is 18.5 Å². The standard InChI is InChI=1S/C14H15F5N4O2/c1-12(2,3)25-11(24)22-10-4-8-5-21-23(9(8)6-20-10)7-13(15,16)14(17,18)19/h4-6H,7H2,1-3H3,(H,20,22,24). The highest BCUT2D eigenvalue weighted by molar-refractivity contribution is 5.87. The van der Waals surface area contributed by atoms with E-state index in [1.165, 1.54) is 6.07 Å². The van der Waals surface area contributed by atoms with Gasteiger partial charge in [-0.05, 0) is 26.8 Å². The number of nitrogens with one attached hydrogen (secondary N) is 1. The monoisotopic (exact) mass is 366 g/mol. The minimum absolute atomic E-state index is 0.0290. The maximum atomic E-state index is 13.2. The second-order valence-corrected chi connectivity index (χ2v) is 6.26. The number of fused-ring (bicyclic) bond motifs is 1. The summed E-state index contributed by atoms with van der Waals surface area (Å²) in [6.07, 6.45) is -4.32. The number of carbonyl (C=O) groups is 1. The van der Waals surface area contributed by atoms with Crippen molar-refractivity contribution in [3.63, 3.8) is 0 Å². The van der Waals surface area contributed by atoms with Crippen LogP contribution in [0.25, 0.3) is 10.9 Å². The third kappa shape index (κ3) is 4.54. The Morgan fingerprint density at radius 2 is 1.84 bits per heavy atom. The van der Waals surface area contributed by atoms with E-state index in [1.54, 1.807) is 20.8 Å². The van der Waals surface area contributed by atoms with Gasteiger partial charge in [0, 0.05) is 5.39 Å². The lowest BCUT2D eigenvalue weighted by Gasteiger charge is -2.20. The van der Waals surface area contributed by atoms with Gasteiger partial charge in [0.2, 0.25) is 0 Å². The fourth-order valence-corrected chi connectivity index (χ4v) is 1.86. The average Bonchev–Trinajstić information content (AvgIpc) is 2.77. The van der Waals surface area contributed by atoms with Crippen LogP contribution in [0.2, 0.25) is 0 Å². The van der Waals surface area contributed by atoms with Gasteiger partial charge in [0.1, 0.15) is 18.0 Å². The molecule has 2 aromatic heterocycles. The van der Waals surface area contributed by atoms with E-state index >= 15 is 0 Å². The van der Waals surface area contributed by atoms with Crippen LogP contribution in [0.4, 0.5) is 32.6 Å². The topological polar surface area (TPSA) is 69.0 Å². The van der Waals surface area contributed by atoms with Crippen LogP contribution in [-0.2, 0) is 11.3 Å². The predicted molar refractivity (Wildman–Crippen MR) is 78.4 cm³/mol. The summed E-state index contributed by atoms with van der Waals surface area (Å²) in [4.78, 5) is 15.5. The smallest absolute Gasteiger partial charge is 0.444 e. The molecule has 1 amide bonds. The van der Waals surface area contributed by atoms with Crippen molar-refractivity contribution >= 4 is 22.8 Å². The zero-order valence-electron chi connectivity index (χ0n) is 13.5. The molecule has 0 fully saturated rings. The number of carbonyl (C=O) groups excluding carboxylic acids is 1. The number of ether oxygens (including phenoxy) is 1. The van der Waals surface area contributed by atoms with Crippen LogP contribution in [0.1, 0.15) is 20.8 Å². The van der Waals surface area contributed by atoms with E-state index in [2.05, 4.69) is 15.4 Å². The Hall–Kier alpha value is -2.46. The number of hydrogen-bond acceptors (Lipinski definition) is 4. The molecule has 2 aromatic rings. The molecule has 1 N–H and O–H groups in total. The van der Waals surface area contributed by atoms with Crippen molar-refractivity contribution in [2.45, 2.75) is 45.0 Å². The Balaban J connectivity index is 2.20. The molecule has 2 heterocycles. The molecular weight excluding hydrogens is 351 g/mol. The van der Waals surface area contributed by atoms with Crippen LogP contribution in [0.15, 0.2) is 18.5 Å². The molecule has 11 heteroatoms. The lowest BCUT2D eigenvalue weighted by atomic mass is 10.2. The first-order chi connectivity index (χ1) is 11.3. The molecule has 2 rings (SSSR count). The summed E-state index contributed by atoms with van der Waals surface area (Å²) >= 11 is 0. The van der Waals surface area contributed by atoms with E-state index in [-0.39, 0.29) is 16.7 Å².